The number of nitrogen functional groups attached to an aromatic ring is 1. The van der Waals surface area contributed by atoms with Gasteiger partial charge in [-0.2, -0.15) is 5.10 Å². The third kappa shape index (κ3) is 2.35. The molecule has 1 amide bonds. The van der Waals surface area contributed by atoms with Crippen LogP contribution in [-0.4, -0.2) is 21.1 Å². The first-order chi connectivity index (χ1) is 8.49. The maximum Gasteiger partial charge on any atom is 0.278 e. The Morgan fingerprint density at radius 1 is 1.50 bits per heavy atom. The van der Waals surface area contributed by atoms with Crippen LogP contribution in [0.5, 0.6) is 0 Å². The van der Waals surface area contributed by atoms with Gasteiger partial charge in [0.05, 0.1) is 23.3 Å². The Kier molecular flexibility index (Phi) is 3.33. The number of nitrogens with one attached hydrogen (secondary N) is 2. The van der Waals surface area contributed by atoms with Crippen molar-refractivity contribution < 1.29 is 4.79 Å². The van der Waals surface area contributed by atoms with Crippen molar-refractivity contribution in [3.63, 3.8) is 0 Å². The van der Waals surface area contributed by atoms with E-state index in [2.05, 4.69) is 36.4 Å². The number of nitrogens with zero attached hydrogens (tertiary/aromatic N) is 2. The fourth-order valence-electron chi connectivity index (χ4n) is 1.43. The highest BCUT2D eigenvalue weighted by atomic mass is 79.9. The number of carbonyl (C=O) groups excluding carboxylic acids is 1. The number of hydrogen-bond acceptors (Lipinski definition) is 4. The third-order valence-corrected chi connectivity index (χ3v) is 3.31. The smallest absolute Gasteiger partial charge is 0.278 e. The lowest BCUT2D eigenvalue weighted by molar-refractivity contribution is 0.102. The summed E-state index contributed by atoms with van der Waals surface area (Å²) in [4.78, 5) is 16.0. The topological polar surface area (TPSA) is 96.7 Å². The van der Waals surface area contributed by atoms with Crippen LogP contribution < -0.4 is 11.1 Å². The Morgan fingerprint density at radius 2 is 2.22 bits per heavy atom. The van der Waals surface area contributed by atoms with E-state index in [0.717, 1.165) is 10.2 Å². The molecular weight excluding hydrogens is 298 g/mol. The molecule has 0 spiro atoms. The molecule has 7 heteroatoms. The summed E-state index contributed by atoms with van der Waals surface area (Å²) in [5.41, 5.74) is 8.48. The second-order valence-electron chi connectivity index (χ2n) is 3.90. The molecule has 0 aliphatic heterocycles. The Morgan fingerprint density at radius 3 is 2.78 bits per heavy atom. The monoisotopic (exact) mass is 309 g/mol. The molecule has 0 aromatic carbocycles. The zero-order valence-corrected chi connectivity index (χ0v) is 11.5. The molecule has 0 aliphatic carbocycles. The van der Waals surface area contributed by atoms with E-state index in [4.69, 9.17) is 5.73 Å². The van der Waals surface area contributed by atoms with Crippen molar-refractivity contribution in [1.29, 1.82) is 0 Å². The highest BCUT2D eigenvalue weighted by Crippen LogP contribution is 2.18. The number of rotatable bonds is 2. The number of carbonyl (C=O) groups is 1. The number of halogens is 1. The lowest BCUT2D eigenvalue weighted by atomic mass is 10.2. The van der Waals surface area contributed by atoms with Gasteiger partial charge in [-0.05, 0) is 41.4 Å². The maximum atomic E-state index is 11.9. The second kappa shape index (κ2) is 4.77. The summed E-state index contributed by atoms with van der Waals surface area (Å²) in [6.45, 7) is 3.64. The molecule has 0 saturated heterocycles. The molecule has 0 aliphatic rings. The first kappa shape index (κ1) is 12.6. The van der Waals surface area contributed by atoms with Gasteiger partial charge in [-0.15, -0.1) is 0 Å². The fraction of sp³-hybridized carbons (Fsp3) is 0.182. The van der Waals surface area contributed by atoms with Crippen LogP contribution in [0.4, 0.5) is 11.4 Å². The van der Waals surface area contributed by atoms with Crippen LogP contribution in [0, 0.1) is 13.8 Å². The summed E-state index contributed by atoms with van der Waals surface area (Å²) >= 11 is 3.29. The van der Waals surface area contributed by atoms with Crippen molar-refractivity contribution in [3.05, 3.63) is 33.8 Å². The third-order valence-electron chi connectivity index (χ3n) is 2.48. The highest BCUT2D eigenvalue weighted by Gasteiger charge is 2.15. The van der Waals surface area contributed by atoms with Gasteiger partial charge in [0.25, 0.3) is 5.91 Å². The molecule has 0 atom stereocenters. The molecule has 2 aromatic rings. The predicted octanol–water partition coefficient (Wildman–Crippen LogP) is 2.02. The Bertz CT molecular complexity index is 607. The van der Waals surface area contributed by atoms with Crippen molar-refractivity contribution in [2.75, 3.05) is 11.1 Å². The van der Waals surface area contributed by atoms with E-state index < -0.39 is 0 Å². The summed E-state index contributed by atoms with van der Waals surface area (Å²) in [6.07, 6.45) is 1.56. The van der Waals surface area contributed by atoms with Crippen LogP contribution in [0.2, 0.25) is 0 Å². The number of amides is 1. The summed E-state index contributed by atoms with van der Waals surface area (Å²) in [5.74, 6) is -0.361. The van der Waals surface area contributed by atoms with Crippen molar-refractivity contribution >= 4 is 33.2 Å². The predicted molar refractivity (Wildman–Crippen MR) is 72.4 cm³/mol. The first-order valence-corrected chi connectivity index (χ1v) is 6.02. The minimum atomic E-state index is -0.361. The minimum absolute atomic E-state index is 0.188. The van der Waals surface area contributed by atoms with Crippen molar-refractivity contribution in [1.82, 2.24) is 15.2 Å². The lowest BCUT2D eigenvalue weighted by Gasteiger charge is -2.05. The summed E-state index contributed by atoms with van der Waals surface area (Å²) in [7, 11) is 0. The Labute approximate surface area is 112 Å². The summed E-state index contributed by atoms with van der Waals surface area (Å²) in [5, 5.41) is 9.22. The number of anilines is 2. The molecule has 0 radical (unpaired) electrons. The number of pyridine rings is 1. The van der Waals surface area contributed by atoms with Gasteiger partial charge in [0.15, 0.2) is 5.69 Å². The second-order valence-corrected chi connectivity index (χ2v) is 4.65. The van der Waals surface area contributed by atoms with Gasteiger partial charge in [-0.1, -0.05) is 0 Å². The normalized spacial score (nSPS) is 10.4. The fourth-order valence-corrected chi connectivity index (χ4v) is 1.64. The molecular formula is C11H12BrN5O. The quantitative estimate of drug-likeness (QED) is 0.739. The zero-order valence-electron chi connectivity index (χ0n) is 9.91. The van der Waals surface area contributed by atoms with E-state index in [-0.39, 0.29) is 11.6 Å². The van der Waals surface area contributed by atoms with Gasteiger partial charge in [0, 0.05) is 0 Å². The molecule has 18 heavy (non-hydrogen) atoms. The van der Waals surface area contributed by atoms with E-state index in [0.29, 0.717) is 17.1 Å². The highest BCUT2D eigenvalue weighted by molar-refractivity contribution is 9.10. The number of hydrogen-bond donors (Lipinski definition) is 3. The van der Waals surface area contributed by atoms with E-state index in [1.807, 2.05) is 13.0 Å². The van der Waals surface area contributed by atoms with E-state index in [9.17, 15) is 4.79 Å². The first-order valence-electron chi connectivity index (χ1n) is 5.23. The number of aryl methyl sites for hydroxylation is 2. The molecule has 0 unspecified atom stereocenters. The van der Waals surface area contributed by atoms with Gasteiger partial charge in [-0.3, -0.25) is 9.89 Å². The maximum absolute atomic E-state index is 11.9. The summed E-state index contributed by atoms with van der Waals surface area (Å²) in [6, 6.07) is 1.81. The van der Waals surface area contributed by atoms with E-state index in [1.54, 1.807) is 13.1 Å². The van der Waals surface area contributed by atoms with Crippen LogP contribution >= 0.6 is 15.9 Å². The van der Waals surface area contributed by atoms with Gasteiger partial charge >= 0.3 is 0 Å². The zero-order chi connectivity index (χ0) is 13.3. The summed E-state index contributed by atoms with van der Waals surface area (Å²) < 4.78 is 0.746. The number of aromatic amines is 1. The SMILES string of the molecule is Cc1cc(NC(=O)c2n[nH]c(C)c2N)cnc1Br. The van der Waals surface area contributed by atoms with Crippen molar-refractivity contribution in [2.45, 2.75) is 13.8 Å². The Hall–Kier alpha value is -1.89. The average molecular weight is 310 g/mol. The van der Waals surface area contributed by atoms with Crippen molar-refractivity contribution in [3.8, 4) is 0 Å². The molecule has 2 aromatic heterocycles. The molecule has 4 N–H and O–H groups in total. The van der Waals surface area contributed by atoms with Crippen molar-refractivity contribution in [2.24, 2.45) is 0 Å². The van der Waals surface area contributed by atoms with Crippen LogP contribution in [0.15, 0.2) is 16.9 Å². The molecule has 0 saturated carbocycles. The largest absolute Gasteiger partial charge is 0.395 e. The molecule has 94 valence electrons. The standard InChI is InChI=1S/C11H12BrN5O/c1-5-3-7(4-14-10(5)12)15-11(18)9-8(13)6(2)16-17-9/h3-4H,13H2,1-2H3,(H,15,18)(H,16,17). The number of H-pyrrole nitrogens is 1. The van der Waals surface area contributed by atoms with Gasteiger partial charge in [0.1, 0.15) is 4.60 Å². The van der Waals surface area contributed by atoms with Crippen LogP contribution in [0.1, 0.15) is 21.7 Å². The lowest BCUT2D eigenvalue weighted by Crippen LogP contribution is -2.14. The van der Waals surface area contributed by atoms with Gasteiger partial charge < -0.3 is 11.1 Å². The molecule has 0 fully saturated rings. The molecule has 0 bridgehead atoms. The van der Waals surface area contributed by atoms with E-state index >= 15 is 0 Å². The van der Waals surface area contributed by atoms with Crippen LogP contribution in [0.25, 0.3) is 0 Å². The van der Waals surface area contributed by atoms with Crippen LogP contribution in [0.3, 0.4) is 0 Å². The van der Waals surface area contributed by atoms with Crippen LogP contribution in [-0.2, 0) is 0 Å². The van der Waals surface area contributed by atoms with E-state index in [1.165, 1.54) is 0 Å². The number of nitrogens with two attached hydrogens (primary N) is 1. The van der Waals surface area contributed by atoms with Gasteiger partial charge in [0.2, 0.25) is 0 Å². The number of aromatic nitrogens is 3. The Balaban J connectivity index is 2.21. The molecule has 2 heterocycles. The average Bonchev–Trinajstić information content (AvgIpc) is 2.65. The molecule has 6 nitrogen and oxygen atoms in total. The molecule has 2 rings (SSSR count). The minimum Gasteiger partial charge on any atom is -0.395 e. The van der Waals surface area contributed by atoms with Gasteiger partial charge in [-0.25, -0.2) is 4.98 Å².